The molecule has 0 saturated carbocycles. The van der Waals surface area contributed by atoms with Gasteiger partial charge in [-0.05, 0) is 62.8 Å². The van der Waals surface area contributed by atoms with Crippen molar-refractivity contribution in [3.8, 4) is 0 Å². The van der Waals surface area contributed by atoms with E-state index in [-0.39, 0.29) is 0 Å². The number of hydrogen-bond donors (Lipinski definition) is 1. The van der Waals surface area contributed by atoms with Gasteiger partial charge in [-0.25, -0.2) is 0 Å². The van der Waals surface area contributed by atoms with Gasteiger partial charge in [-0.3, -0.25) is 0 Å². The fraction of sp³-hybridized carbons (Fsp3) is 0.333. The van der Waals surface area contributed by atoms with Gasteiger partial charge in [0, 0.05) is 23.3 Å². The molecule has 2 aromatic rings. The molecular formula is C18H23ClN2. The second kappa shape index (κ2) is 7.48. The van der Waals surface area contributed by atoms with E-state index >= 15 is 0 Å². The summed E-state index contributed by atoms with van der Waals surface area (Å²) in [5.74, 6) is 0. The lowest BCUT2D eigenvalue weighted by Gasteiger charge is -2.17. The Morgan fingerprint density at radius 2 is 1.76 bits per heavy atom. The van der Waals surface area contributed by atoms with E-state index in [1.807, 2.05) is 12.1 Å². The van der Waals surface area contributed by atoms with Crippen molar-refractivity contribution < 1.29 is 0 Å². The molecule has 2 nitrogen and oxygen atoms in total. The van der Waals surface area contributed by atoms with E-state index in [1.54, 1.807) is 0 Å². The first-order valence-corrected chi connectivity index (χ1v) is 7.65. The minimum absolute atomic E-state index is 0.376. The van der Waals surface area contributed by atoms with Crippen molar-refractivity contribution in [1.82, 2.24) is 4.90 Å². The molecule has 0 fully saturated rings. The van der Waals surface area contributed by atoms with Crippen LogP contribution in [0.25, 0.3) is 0 Å². The molecule has 0 aliphatic rings. The summed E-state index contributed by atoms with van der Waals surface area (Å²) in [6.45, 7) is 3.16. The predicted octanol–water partition coefficient (Wildman–Crippen LogP) is 4.44. The summed E-state index contributed by atoms with van der Waals surface area (Å²) in [5, 5.41) is 4.35. The normalized spacial score (nSPS) is 12.4. The molecule has 0 bridgehead atoms. The molecule has 112 valence electrons. The molecule has 0 heterocycles. The maximum Gasteiger partial charge on any atom is 0.0406 e. The largest absolute Gasteiger partial charge is 0.382 e. The molecule has 3 heteroatoms. The maximum absolute atomic E-state index is 5.92. The lowest BCUT2D eigenvalue weighted by molar-refractivity contribution is 0.402. The Morgan fingerprint density at radius 1 is 1.05 bits per heavy atom. The molecule has 1 unspecified atom stereocenters. The molecule has 0 aliphatic heterocycles. The Balaban J connectivity index is 1.95. The summed E-state index contributed by atoms with van der Waals surface area (Å²) in [4.78, 5) is 2.18. The highest BCUT2D eigenvalue weighted by molar-refractivity contribution is 6.30. The van der Waals surface area contributed by atoms with Gasteiger partial charge in [0.05, 0.1) is 0 Å². The first kappa shape index (κ1) is 15.9. The highest BCUT2D eigenvalue weighted by Crippen LogP contribution is 2.16. The highest BCUT2D eigenvalue weighted by Gasteiger charge is 2.05. The number of benzene rings is 2. The molecule has 0 saturated heterocycles. The van der Waals surface area contributed by atoms with E-state index in [9.17, 15) is 0 Å². The Labute approximate surface area is 132 Å². The monoisotopic (exact) mass is 302 g/mol. The fourth-order valence-corrected chi connectivity index (χ4v) is 2.56. The average Bonchev–Trinajstić information content (AvgIpc) is 2.41. The number of nitrogens with zero attached hydrogens (tertiary/aromatic N) is 1. The first-order chi connectivity index (χ1) is 10.0. The summed E-state index contributed by atoms with van der Waals surface area (Å²) >= 11 is 5.92. The summed E-state index contributed by atoms with van der Waals surface area (Å²) in [7, 11) is 4.17. The Hall–Kier alpha value is -1.51. The minimum atomic E-state index is 0.376. The van der Waals surface area contributed by atoms with Gasteiger partial charge in [0.1, 0.15) is 0 Å². The third-order valence-corrected chi connectivity index (χ3v) is 3.55. The molecule has 0 radical (unpaired) electrons. The zero-order chi connectivity index (χ0) is 15.2. The van der Waals surface area contributed by atoms with Gasteiger partial charge in [0.25, 0.3) is 0 Å². The molecule has 1 N–H and O–H groups in total. The highest BCUT2D eigenvalue weighted by atomic mass is 35.5. The van der Waals surface area contributed by atoms with E-state index in [4.69, 9.17) is 11.6 Å². The van der Waals surface area contributed by atoms with Gasteiger partial charge in [-0.1, -0.05) is 35.9 Å². The summed E-state index contributed by atoms with van der Waals surface area (Å²) in [6.07, 6.45) is 0.981. The van der Waals surface area contributed by atoms with E-state index in [2.05, 4.69) is 67.6 Å². The van der Waals surface area contributed by atoms with Crippen molar-refractivity contribution >= 4 is 17.3 Å². The summed E-state index contributed by atoms with van der Waals surface area (Å²) in [5.41, 5.74) is 3.79. The average molecular weight is 303 g/mol. The van der Waals surface area contributed by atoms with Crippen molar-refractivity contribution in [2.75, 3.05) is 19.4 Å². The molecule has 0 amide bonds. The lowest BCUT2D eigenvalue weighted by atomic mass is 10.1. The van der Waals surface area contributed by atoms with E-state index in [0.717, 1.165) is 18.0 Å². The van der Waals surface area contributed by atoms with Gasteiger partial charge >= 0.3 is 0 Å². The molecule has 0 spiro atoms. The number of rotatable bonds is 6. The van der Waals surface area contributed by atoms with Gasteiger partial charge < -0.3 is 10.2 Å². The SMILES string of the molecule is CC(Cc1ccc(Cl)cc1)Nc1cccc(CN(C)C)c1. The van der Waals surface area contributed by atoms with Crippen LogP contribution < -0.4 is 5.32 Å². The molecule has 0 aromatic heterocycles. The molecule has 1 atom stereocenters. The van der Waals surface area contributed by atoms with Gasteiger partial charge in [-0.15, -0.1) is 0 Å². The number of halogens is 1. The van der Waals surface area contributed by atoms with Crippen LogP contribution in [0.1, 0.15) is 18.1 Å². The van der Waals surface area contributed by atoms with E-state index < -0.39 is 0 Å². The van der Waals surface area contributed by atoms with E-state index in [0.29, 0.717) is 6.04 Å². The van der Waals surface area contributed by atoms with Crippen molar-refractivity contribution in [1.29, 1.82) is 0 Å². The predicted molar refractivity (Wildman–Crippen MR) is 92.1 cm³/mol. The Kier molecular flexibility index (Phi) is 5.66. The van der Waals surface area contributed by atoms with Crippen LogP contribution in [0.15, 0.2) is 48.5 Å². The molecule has 2 rings (SSSR count). The van der Waals surface area contributed by atoms with Crippen LogP contribution in [0.5, 0.6) is 0 Å². The third kappa shape index (κ3) is 5.41. The van der Waals surface area contributed by atoms with Crippen LogP contribution in [-0.2, 0) is 13.0 Å². The fourth-order valence-electron chi connectivity index (χ4n) is 2.43. The molecule has 0 aliphatic carbocycles. The van der Waals surface area contributed by atoms with Gasteiger partial charge in [0.2, 0.25) is 0 Å². The van der Waals surface area contributed by atoms with Crippen molar-refractivity contribution in [3.05, 3.63) is 64.7 Å². The number of nitrogens with one attached hydrogen (secondary N) is 1. The topological polar surface area (TPSA) is 15.3 Å². The van der Waals surface area contributed by atoms with Crippen molar-refractivity contribution in [3.63, 3.8) is 0 Å². The molecular weight excluding hydrogens is 280 g/mol. The number of anilines is 1. The zero-order valence-corrected chi connectivity index (χ0v) is 13.7. The third-order valence-electron chi connectivity index (χ3n) is 3.29. The minimum Gasteiger partial charge on any atom is -0.382 e. The van der Waals surface area contributed by atoms with Gasteiger partial charge in [-0.2, -0.15) is 0 Å². The van der Waals surface area contributed by atoms with Crippen LogP contribution in [-0.4, -0.2) is 25.0 Å². The second-order valence-corrected chi connectivity index (χ2v) is 6.25. The zero-order valence-electron chi connectivity index (χ0n) is 12.9. The smallest absolute Gasteiger partial charge is 0.0406 e. The standard InChI is InChI=1S/C18H23ClN2/c1-14(11-15-7-9-17(19)10-8-15)20-18-6-4-5-16(12-18)13-21(2)3/h4-10,12,14,20H,11,13H2,1-3H3. The quantitative estimate of drug-likeness (QED) is 0.848. The first-order valence-electron chi connectivity index (χ1n) is 7.27. The van der Waals surface area contributed by atoms with Crippen LogP contribution in [0.2, 0.25) is 5.02 Å². The van der Waals surface area contributed by atoms with Crippen LogP contribution >= 0.6 is 11.6 Å². The van der Waals surface area contributed by atoms with Gasteiger partial charge in [0.15, 0.2) is 0 Å². The van der Waals surface area contributed by atoms with Crippen LogP contribution in [0.3, 0.4) is 0 Å². The molecule has 21 heavy (non-hydrogen) atoms. The van der Waals surface area contributed by atoms with Crippen molar-refractivity contribution in [2.24, 2.45) is 0 Å². The second-order valence-electron chi connectivity index (χ2n) is 5.81. The van der Waals surface area contributed by atoms with Crippen LogP contribution in [0, 0.1) is 0 Å². The summed E-state index contributed by atoms with van der Waals surface area (Å²) in [6, 6.07) is 17.1. The lowest BCUT2D eigenvalue weighted by Crippen LogP contribution is -2.18. The Morgan fingerprint density at radius 3 is 2.43 bits per heavy atom. The number of hydrogen-bond acceptors (Lipinski definition) is 2. The summed E-state index contributed by atoms with van der Waals surface area (Å²) < 4.78 is 0. The van der Waals surface area contributed by atoms with E-state index in [1.165, 1.54) is 16.8 Å². The van der Waals surface area contributed by atoms with Crippen molar-refractivity contribution in [2.45, 2.75) is 25.9 Å². The Bertz CT molecular complexity index is 564. The maximum atomic E-state index is 5.92. The van der Waals surface area contributed by atoms with Crippen LogP contribution in [0.4, 0.5) is 5.69 Å². The molecule has 2 aromatic carbocycles.